The summed E-state index contributed by atoms with van der Waals surface area (Å²) in [5.41, 5.74) is 0.955. The van der Waals surface area contributed by atoms with E-state index in [0.717, 1.165) is 24.0 Å². The highest BCUT2D eigenvalue weighted by molar-refractivity contribution is 5.43. The summed E-state index contributed by atoms with van der Waals surface area (Å²) in [5, 5.41) is 66.2. The molecule has 0 radical (unpaired) electrons. The molecule has 42 heavy (non-hydrogen) atoms. The second kappa shape index (κ2) is 13.0. The molecule has 0 aromatic rings. The van der Waals surface area contributed by atoms with Gasteiger partial charge in [0.05, 0.1) is 31.0 Å². The summed E-state index contributed by atoms with van der Waals surface area (Å²) in [6.45, 7) is 13.4. The molecule has 4 aliphatic rings. The Morgan fingerprint density at radius 1 is 1.10 bits per heavy atom. The zero-order valence-electron chi connectivity index (χ0n) is 25.8. The van der Waals surface area contributed by atoms with E-state index in [9.17, 15) is 30.6 Å². The summed E-state index contributed by atoms with van der Waals surface area (Å²) >= 11 is 0. The molecule has 3 aliphatic carbocycles. The Morgan fingerprint density at radius 2 is 1.79 bits per heavy atom. The molecule has 0 unspecified atom stereocenters. The summed E-state index contributed by atoms with van der Waals surface area (Å²) in [7, 11) is 1.68. The van der Waals surface area contributed by atoms with Gasteiger partial charge in [0.15, 0.2) is 6.29 Å². The fraction of sp³-hybridized carbons (Fsp3) is 0.812. The lowest BCUT2D eigenvalue weighted by molar-refractivity contribution is -0.319. The molecule has 13 atom stereocenters. The molecule has 4 rings (SSSR count). The van der Waals surface area contributed by atoms with Gasteiger partial charge in [0.2, 0.25) is 0 Å². The fourth-order valence-electron chi connectivity index (χ4n) is 7.33. The van der Waals surface area contributed by atoms with E-state index >= 15 is 0 Å². The molecule has 1 aliphatic heterocycles. The van der Waals surface area contributed by atoms with Gasteiger partial charge < -0.3 is 49.6 Å². The standard InChI is InChI=1S/C32H52O10/c1-8-31(4,5)40-15-22-26(36)27(37)28(38)30(41-22)42-29-24-20(16(2)13-33)11-23(34)32(24,6)12-21-18(14-39-7)9-10-19(21)17(3)25(29)35/h8,12,16-19,22-23,25-30,33-38H,1,9-11,13-15H2,2-7H3/b21-12-/t16-,17-,18-,19+,22-,23+,25-,26-,27+,28+,29-,30-,32+/m1/s1. The number of aliphatic hydroxyl groups excluding tert-OH is 6. The van der Waals surface area contributed by atoms with Gasteiger partial charge in [-0.25, -0.2) is 0 Å². The maximum absolute atomic E-state index is 12.0. The molecule has 0 aromatic heterocycles. The van der Waals surface area contributed by atoms with E-state index in [1.807, 2.05) is 20.8 Å². The minimum absolute atomic E-state index is 0.0306. The average molecular weight is 597 g/mol. The van der Waals surface area contributed by atoms with Crippen LogP contribution in [-0.4, -0.2) is 112 Å². The van der Waals surface area contributed by atoms with Crippen molar-refractivity contribution in [3.05, 3.63) is 35.5 Å². The Bertz CT molecular complexity index is 1020. The van der Waals surface area contributed by atoms with Crippen LogP contribution in [0.25, 0.3) is 0 Å². The number of aliphatic hydroxyl groups is 6. The summed E-state index contributed by atoms with van der Waals surface area (Å²) in [6, 6.07) is 0. The summed E-state index contributed by atoms with van der Waals surface area (Å²) in [6.07, 6.45) is -4.22. The number of fused-ring (bicyclic) bond motifs is 2. The predicted octanol–water partition coefficient (Wildman–Crippen LogP) is 1.47. The van der Waals surface area contributed by atoms with Gasteiger partial charge in [0.25, 0.3) is 0 Å². The van der Waals surface area contributed by atoms with Crippen LogP contribution in [0.15, 0.2) is 35.5 Å². The third kappa shape index (κ3) is 6.18. The Morgan fingerprint density at radius 3 is 2.40 bits per heavy atom. The van der Waals surface area contributed by atoms with Crippen LogP contribution in [-0.2, 0) is 18.9 Å². The minimum Gasteiger partial charge on any atom is -0.396 e. The lowest BCUT2D eigenvalue weighted by Gasteiger charge is -2.46. The minimum atomic E-state index is -1.61. The molecule has 0 spiro atoms. The van der Waals surface area contributed by atoms with E-state index < -0.39 is 60.0 Å². The van der Waals surface area contributed by atoms with Crippen molar-refractivity contribution in [2.45, 2.75) is 108 Å². The largest absolute Gasteiger partial charge is 0.396 e. The molecule has 10 nitrogen and oxygen atoms in total. The van der Waals surface area contributed by atoms with Crippen molar-refractivity contribution < 1.29 is 49.6 Å². The molecule has 1 heterocycles. The lowest BCUT2D eigenvalue weighted by atomic mass is 9.68. The van der Waals surface area contributed by atoms with Crippen molar-refractivity contribution in [2.24, 2.45) is 29.1 Å². The highest BCUT2D eigenvalue weighted by Crippen LogP contribution is 2.55. The second-order valence-corrected chi connectivity index (χ2v) is 13.5. The first kappa shape index (κ1) is 33.7. The van der Waals surface area contributed by atoms with Crippen LogP contribution >= 0.6 is 0 Å². The number of hydrogen-bond donors (Lipinski definition) is 6. The van der Waals surface area contributed by atoms with E-state index in [1.54, 1.807) is 27.0 Å². The van der Waals surface area contributed by atoms with Gasteiger partial charge in [-0.2, -0.15) is 0 Å². The van der Waals surface area contributed by atoms with Gasteiger partial charge in [-0.05, 0) is 57.4 Å². The van der Waals surface area contributed by atoms with Crippen LogP contribution in [0.3, 0.4) is 0 Å². The molecular weight excluding hydrogens is 544 g/mol. The number of rotatable bonds is 10. The highest BCUT2D eigenvalue weighted by atomic mass is 16.7. The maximum atomic E-state index is 12.0. The first-order valence-corrected chi connectivity index (χ1v) is 15.2. The van der Waals surface area contributed by atoms with Crippen LogP contribution in [0.4, 0.5) is 0 Å². The van der Waals surface area contributed by atoms with Gasteiger partial charge in [-0.15, -0.1) is 6.58 Å². The molecule has 1 saturated carbocycles. The molecule has 240 valence electrons. The van der Waals surface area contributed by atoms with Gasteiger partial charge >= 0.3 is 0 Å². The average Bonchev–Trinajstić information content (AvgIpc) is 3.46. The fourth-order valence-corrected chi connectivity index (χ4v) is 7.33. The molecule has 2 fully saturated rings. The van der Waals surface area contributed by atoms with Crippen molar-refractivity contribution in [3.63, 3.8) is 0 Å². The molecule has 0 aromatic carbocycles. The van der Waals surface area contributed by atoms with Crippen molar-refractivity contribution in [2.75, 3.05) is 26.9 Å². The smallest absolute Gasteiger partial charge is 0.187 e. The monoisotopic (exact) mass is 596 g/mol. The van der Waals surface area contributed by atoms with E-state index in [0.29, 0.717) is 18.6 Å². The van der Waals surface area contributed by atoms with Gasteiger partial charge in [0.1, 0.15) is 30.5 Å². The van der Waals surface area contributed by atoms with Gasteiger partial charge in [-0.3, -0.25) is 0 Å². The lowest BCUT2D eigenvalue weighted by Crippen LogP contribution is -2.61. The van der Waals surface area contributed by atoms with E-state index in [4.69, 9.17) is 18.9 Å². The third-order valence-corrected chi connectivity index (χ3v) is 10.3. The summed E-state index contributed by atoms with van der Waals surface area (Å²) < 4.78 is 23.9. The van der Waals surface area contributed by atoms with Crippen molar-refractivity contribution >= 4 is 0 Å². The zero-order valence-corrected chi connectivity index (χ0v) is 25.8. The Hall–Kier alpha value is -1.18. The normalized spacial score (nSPS) is 44.6. The highest BCUT2D eigenvalue weighted by Gasteiger charge is 2.55. The first-order chi connectivity index (χ1) is 19.7. The van der Waals surface area contributed by atoms with Gasteiger partial charge in [-0.1, -0.05) is 37.1 Å². The SMILES string of the molecule is C=CC(C)(C)OC[C@H]1O[C@H](O[C@@H]2C3=C([C@H](C)CO)C[C@H](O)[C@]3(C)/C=C3/[C@@H](COC)CC[C@H]3[C@@H](C)[C@H]2O)[C@@H](O)[C@@H](O)[C@@H]1O. The maximum Gasteiger partial charge on any atom is 0.187 e. The second-order valence-electron chi connectivity index (χ2n) is 13.5. The van der Waals surface area contributed by atoms with Crippen LogP contribution < -0.4 is 0 Å². The first-order valence-electron chi connectivity index (χ1n) is 15.2. The van der Waals surface area contributed by atoms with E-state index in [2.05, 4.69) is 12.7 Å². The van der Waals surface area contributed by atoms with Gasteiger partial charge in [0, 0.05) is 31.0 Å². The quantitative estimate of drug-likeness (QED) is 0.204. The number of ether oxygens (including phenoxy) is 4. The Balaban J connectivity index is 1.76. The van der Waals surface area contributed by atoms with Crippen LogP contribution in [0.5, 0.6) is 0 Å². The topological polar surface area (TPSA) is 158 Å². The molecule has 1 saturated heterocycles. The summed E-state index contributed by atoms with van der Waals surface area (Å²) in [5.74, 6) is -0.378. The Kier molecular flexibility index (Phi) is 10.5. The molecule has 10 heteroatoms. The molecule has 6 N–H and O–H groups in total. The van der Waals surface area contributed by atoms with Crippen LogP contribution in [0, 0.1) is 29.1 Å². The molecular formula is C32H52O10. The van der Waals surface area contributed by atoms with Crippen LogP contribution in [0.2, 0.25) is 0 Å². The van der Waals surface area contributed by atoms with Crippen LogP contribution in [0.1, 0.15) is 53.9 Å². The predicted molar refractivity (Wildman–Crippen MR) is 155 cm³/mol. The number of methoxy groups -OCH3 is 1. The summed E-state index contributed by atoms with van der Waals surface area (Å²) in [4.78, 5) is 0. The third-order valence-electron chi connectivity index (χ3n) is 10.3. The van der Waals surface area contributed by atoms with Crippen molar-refractivity contribution in [3.8, 4) is 0 Å². The number of hydrogen-bond acceptors (Lipinski definition) is 10. The molecule has 0 bridgehead atoms. The van der Waals surface area contributed by atoms with Crippen molar-refractivity contribution in [1.82, 2.24) is 0 Å². The van der Waals surface area contributed by atoms with Crippen molar-refractivity contribution in [1.29, 1.82) is 0 Å². The van der Waals surface area contributed by atoms with E-state index in [1.165, 1.54) is 0 Å². The Labute approximate surface area is 249 Å². The zero-order chi connectivity index (χ0) is 31.1. The van der Waals surface area contributed by atoms with E-state index in [-0.39, 0.29) is 36.9 Å². The molecule has 0 amide bonds.